The summed E-state index contributed by atoms with van der Waals surface area (Å²) in [5.41, 5.74) is 0.921. The number of aromatic nitrogens is 1. The van der Waals surface area contributed by atoms with Gasteiger partial charge in [0.2, 0.25) is 0 Å². The fourth-order valence-electron chi connectivity index (χ4n) is 1.75. The standard InChI is InChI=1S/C13H16N2O2/c1-9-6-10-4-2-3-5-12(10)13(15-9)14-7-11(17)8-16/h2-6,11,16-17H,7-8H2,1H3,(H,14,15)/t11-/m1/s1. The minimum atomic E-state index is -0.768. The van der Waals surface area contributed by atoms with Crippen LogP contribution in [0, 0.1) is 6.92 Å². The molecule has 3 N–H and O–H groups in total. The van der Waals surface area contributed by atoms with E-state index in [1.54, 1.807) is 0 Å². The minimum Gasteiger partial charge on any atom is -0.394 e. The van der Waals surface area contributed by atoms with Crippen LogP contribution in [0.5, 0.6) is 0 Å². The number of benzene rings is 1. The highest BCUT2D eigenvalue weighted by atomic mass is 16.3. The summed E-state index contributed by atoms with van der Waals surface area (Å²) in [5.74, 6) is 0.744. The Kier molecular flexibility index (Phi) is 3.56. The van der Waals surface area contributed by atoms with E-state index in [9.17, 15) is 5.11 Å². The van der Waals surface area contributed by atoms with Crippen molar-refractivity contribution in [3.05, 3.63) is 36.0 Å². The van der Waals surface area contributed by atoms with Gasteiger partial charge in [0.05, 0.1) is 12.7 Å². The Bertz CT molecular complexity index is 514. The second kappa shape index (κ2) is 5.12. The first-order valence-electron chi connectivity index (χ1n) is 5.60. The molecule has 90 valence electrons. The van der Waals surface area contributed by atoms with E-state index in [1.807, 2.05) is 37.3 Å². The normalized spacial score (nSPS) is 12.6. The van der Waals surface area contributed by atoms with Gasteiger partial charge in [-0.15, -0.1) is 0 Å². The average Bonchev–Trinajstić information content (AvgIpc) is 2.35. The van der Waals surface area contributed by atoms with Gasteiger partial charge in [0, 0.05) is 17.6 Å². The molecule has 17 heavy (non-hydrogen) atoms. The van der Waals surface area contributed by atoms with Gasteiger partial charge in [-0.3, -0.25) is 0 Å². The summed E-state index contributed by atoms with van der Waals surface area (Å²) in [6.45, 7) is 1.97. The molecule has 4 nitrogen and oxygen atoms in total. The zero-order chi connectivity index (χ0) is 12.3. The quantitative estimate of drug-likeness (QED) is 0.743. The van der Waals surface area contributed by atoms with Crippen LogP contribution < -0.4 is 5.32 Å². The molecule has 0 aliphatic heterocycles. The molecule has 1 aromatic carbocycles. The first-order valence-corrected chi connectivity index (χ1v) is 5.60. The van der Waals surface area contributed by atoms with Crippen molar-refractivity contribution < 1.29 is 10.2 Å². The van der Waals surface area contributed by atoms with Crippen molar-refractivity contribution in [3.63, 3.8) is 0 Å². The maximum atomic E-state index is 9.32. The zero-order valence-electron chi connectivity index (χ0n) is 9.72. The van der Waals surface area contributed by atoms with Crippen LogP contribution in [0.15, 0.2) is 30.3 Å². The van der Waals surface area contributed by atoms with Crippen molar-refractivity contribution in [2.75, 3.05) is 18.5 Å². The molecule has 4 heteroatoms. The summed E-state index contributed by atoms with van der Waals surface area (Å²) >= 11 is 0. The number of rotatable bonds is 4. The van der Waals surface area contributed by atoms with Gasteiger partial charge in [-0.25, -0.2) is 4.98 Å². The van der Waals surface area contributed by atoms with Gasteiger partial charge in [-0.1, -0.05) is 24.3 Å². The largest absolute Gasteiger partial charge is 0.394 e. The molecular formula is C13H16N2O2. The maximum absolute atomic E-state index is 9.32. The monoisotopic (exact) mass is 232 g/mol. The fourth-order valence-corrected chi connectivity index (χ4v) is 1.75. The molecule has 1 heterocycles. The number of fused-ring (bicyclic) bond motifs is 1. The fraction of sp³-hybridized carbons (Fsp3) is 0.308. The van der Waals surface area contributed by atoms with E-state index >= 15 is 0 Å². The highest BCUT2D eigenvalue weighted by molar-refractivity contribution is 5.92. The third kappa shape index (κ3) is 2.72. The lowest BCUT2D eigenvalue weighted by molar-refractivity contribution is 0.105. The van der Waals surface area contributed by atoms with Crippen LogP contribution in [0.1, 0.15) is 5.69 Å². The molecule has 0 saturated carbocycles. The third-order valence-corrected chi connectivity index (χ3v) is 2.58. The van der Waals surface area contributed by atoms with E-state index < -0.39 is 6.10 Å². The van der Waals surface area contributed by atoms with E-state index in [0.717, 1.165) is 22.3 Å². The van der Waals surface area contributed by atoms with Gasteiger partial charge in [0.25, 0.3) is 0 Å². The lowest BCUT2D eigenvalue weighted by atomic mass is 10.1. The van der Waals surface area contributed by atoms with Gasteiger partial charge >= 0.3 is 0 Å². The van der Waals surface area contributed by atoms with Crippen LogP contribution in [0.4, 0.5) is 5.82 Å². The van der Waals surface area contributed by atoms with Crippen molar-refractivity contribution in [2.24, 2.45) is 0 Å². The van der Waals surface area contributed by atoms with Crippen LogP contribution in [-0.4, -0.2) is 34.5 Å². The average molecular weight is 232 g/mol. The number of aryl methyl sites for hydroxylation is 1. The van der Waals surface area contributed by atoms with Gasteiger partial charge in [0.15, 0.2) is 0 Å². The molecule has 2 rings (SSSR count). The molecule has 1 aromatic heterocycles. The molecule has 1 atom stereocenters. The van der Waals surface area contributed by atoms with Crippen molar-refractivity contribution >= 4 is 16.6 Å². The van der Waals surface area contributed by atoms with Crippen molar-refractivity contribution in [2.45, 2.75) is 13.0 Å². The van der Waals surface area contributed by atoms with Crippen LogP contribution >= 0.6 is 0 Å². The smallest absolute Gasteiger partial charge is 0.134 e. The number of aliphatic hydroxyl groups excluding tert-OH is 2. The molecule has 0 saturated heterocycles. The van der Waals surface area contributed by atoms with E-state index in [2.05, 4.69) is 10.3 Å². The van der Waals surface area contributed by atoms with Crippen LogP contribution in [-0.2, 0) is 0 Å². The first kappa shape index (κ1) is 11.8. The minimum absolute atomic E-state index is 0.253. The van der Waals surface area contributed by atoms with Gasteiger partial charge in [-0.05, 0) is 18.4 Å². The molecule has 0 radical (unpaired) electrons. The Morgan fingerprint density at radius 2 is 2.12 bits per heavy atom. The van der Waals surface area contributed by atoms with Gasteiger partial charge < -0.3 is 15.5 Å². The van der Waals surface area contributed by atoms with Crippen molar-refractivity contribution in [1.82, 2.24) is 4.98 Å². The maximum Gasteiger partial charge on any atom is 0.134 e. The van der Waals surface area contributed by atoms with Crippen LogP contribution in [0.25, 0.3) is 10.8 Å². The molecule has 2 aromatic rings. The van der Waals surface area contributed by atoms with Crippen LogP contribution in [0.3, 0.4) is 0 Å². The Morgan fingerprint density at radius 3 is 2.88 bits per heavy atom. The van der Waals surface area contributed by atoms with E-state index in [1.165, 1.54) is 0 Å². The number of anilines is 1. The summed E-state index contributed by atoms with van der Waals surface area (Å²) in [4.78, 5) is 4.40. The van der Waals surface area contributed by atoms with E-state index in [4.69, 9.17) is 5.11 Å². The molecule has 0 amide bonds. The second-order valence-electron chi connectivity index (χ2n) is 4.05. The highest BCUT2D eigenvalue weighted by Gasteiger charge is 2.06. The highest BCUT2D eigenvalue weighted by Crippen LogP contribution is 2.22. The number of nitrogens with one attached hydrogen (secondary N) is 1. The molecule has 0 spiro atoms. The molecule has 0 aliphatic carbocycles. The number of hydrogen-bond donors (Lipinski definition) is 3. The predicted molar refractivity (Wildman–Crippen MR) is 68.1 cm³/mol. The second-order valence-corrected chi connectivity index (χ2v) is 4.05. The molecule has 0 unspecified atom stereocenters. The molecular weight excluding hydrogens is 216 g/mol. The number of hydrogen-bond acceptors (Lipinski definition) is 4. The SMILES string of the molecule is Cc1cc2ccccc2c(NC[C@@H](O)CO)n1. The number of pyridine rings is 1. The van der Waals surface area contributed by atoms with Crippen molar-refractivity contribution in [1.29, 1.82) is 0 Å². The topological polar surface area (TPSA) is 65.4 Å². The molecule has 0 bridgehead atoms. The Labute approximate surface area is 99.9 Å². The predicted octanol–water partition coefficient (Wildman–Crippen LogP) is 1.31. The van der Waals surface area contributed by atoms with Gasteiger partial charge in [-0.2, -0.15) is 0 Å². The summed E-state index contributed by atoms with van der Waals surface area (Å²) in [5, 5.41) is 23.3. The van der Waals surface area contributed by atoms with Gasteiger partial charge in [0.1, 0.15) is 5.82 Å². The lowest BCUT2D eigenvalue weighted by Gasteiger charge is -2.12. The molecule has 0 fully saturated rings. The summed E-state index contributed by atoms with van der Waals surface area (Å²) < 4.78 is 0. The summed E-state index contributed by atoms with van der Waals surface area (Å²) in [6.07, 6.45) is -0.768. The Balaban J connectivity index is 2.32. The van der Waals surface area contributed by atoms with E-state index in [0.29, 0.717) is 0 Å². The Hall–Kier alpha value is -1.65. The Morgan fingerprint density at radius 1 is 1.35 bits per heavy atom. The number of aliphatic hydroxyl groups is 2. The summed E-state index contributed by atoms with van der Waals surface area (Å²) in [6, 6.07) is 9.96. The van der Waals surface area contributed by atoms with E-state index in [-0.39, 0.29) is 13.2 Å². The number of nitrogens with zero attached hydrogens (tertiary/aromatic N) is 1. The summed E-state index contributed by atoms with van der Waals surface area (Å²) in [7, 11) is 0. The van der Waals surface area contributed by atoms with Crippen LogP contribution in [0.2, 0.25) is 0 Å². The zero-order valence-corrected chi connectivity index (χ0v) is 9.72. The molecule has 0 aliphatic rings. The van der Waals surface area contributed by atoms with Crippen molar-refractivity contribution in [3.8, 4) is 0 Å². The first-order chi connectivity index (χ1) is 8.20. The lowest BCUT2D eigenvalue weighted by Crippen LogP contribution is -2.23. The third-order valence-electron chi connectivity index (χ3n) is 2.58.